The van der Waals surface area contributed by atoms with E-state index in [1.54, 1.807) is 18.4 Å². The van der Waals surface area contributed by atoms with E-state index >= 15 is 0 Å². The van der Waals surface area contributed by atoms with Gasteiger partial charge in [-0.3, -0.25) is 9.69 Å². The van der Waals surface area contributed by atoms with Gasteiger partial charge in [0, 0.05) is 5.69 Å². The number of anilines is 1. The van der Waals surface area contributed by atoms with Crippen LogP contribution in [-0.2, 0) is 11.3 Å². The molecule has 140 valence electrons. The number of nitrogens with zero attached hydrogens (tertiary/aromatic N) is 3. The van der Waals surface area contributed by atoms with E-state index in [2.05, 4.69) is 20.4 Å². The van der Waals surface area contributed by atoms with E-state index in [1.165, 1.54) is 0 Å². The van der Waals surface area contributed by atoms with Crippen molar-refractivity contribution < 1.29 is 14.1 Å². The Morgan fingerprint density at radius 1 is 1.37 bits per heavy atom. The largest absolute Gasteiger partial charge is 0.497 e. The fourth-order valence-electron chi connectivity index (χ4n) is 3.21. The molecular formula is C19H20N4O3S. The molecule has 7 nitrogen and oxygen atoms in total. The number of thiophene rings is 1. The number of carbonyl (C=O) groups excluding carboxylic acids is 1. The monoisotopic (exact) mass is 384 g/mol. The molecule has 0 spiro atoms. The van der Waals surface area contributed by atoms with Crippen molar-refractivity contribution in [2.45, 2.75) is 25.4 Å². The van der Waals surface area contributed by atoms with Crippen LogP contribution < -0.4 is 10.1 Å². The standard InChI is InChI=1S/C19H20N4O3S/c1-25-14-8-6-13(7-9-14)20-19(24)15-4-2-10-23(15)12-17-21-18(22-26-17)16-5-3-11-27-16/h3,5-9,11,15H,2,4,10,12H2,1H3,(H,20,24)/t15-/m1/s1. The van der Waals surface area contributed by atoms with E-state index in [1.807, 2.05) is 41.8 Å². The van der Waals surface area contributed by atoms with Crippen molar-refractivity contribution in [3.8, 4) is 16.5 Å². The molecule has 3 aromatic rings. The molecule has 1 saturated heterocycles. The molecule has 0 aliphatic carbocycles. The maximum Gasteiger partial charge on any atom is 0.241 e. The number of hydrogen-bond donors (Lipinski definition) is 1. The summed E-state index contributed by atoms with van der Waals surface area (Å²) in [6.07, 6.45) is 1.78. The Morgan fingerprint density at radius 3 is 2.96 bits per heavy atom. The maximum absolute atomic E-state index is 12.7. The van der Waals surface area contributed by atoms with Gasteiger partial charge in [0.15, 0.2) is 0 Å². The van der Waals surface area contributed by atoms with Crippen LogP contribution in [0.3, 0.4) is 0 Å². The molecule has 1 N–H and O–H groups in total. The third-order valence-corrected chi connectivity index (χ3v) is 5.44. The molecule has 1 amide bonds. The van der Waals surface area contributed by atoms with Gasteiger partial charge in [0.2, 0.25) is 17.6 Å². The second kappa shape index (κ2) is 7.89. The average molecular weight is 384 g/mol. The average Bonchev–Trinajstić information content (AvgIpc) is 3.44. The number of amides is 1. The molecule has 1 aromatic carbocycles. The number of likely N-dealkylation sites (tertiary alicyclic amines) is 1. The van der Waals surface area contributed by atoms with Crippen LogP contribution in [0.5, 0.6) is 5.75 Å². The highest BCUT2D eigenvalue weighted by Crippen LogP contribution is 2.25. The van der Waals surface area contributed by atoms with Crippen molar-refractivity contribution in [3.63, 3.8) is 0 Å². The van der Waals surface area contributed by atoms with Gasteiger partial charge in [-0.1, -0.05) is 11.2 Å². The van der Waals surface area contributed by atoms with Crippen LogP contribution in [0.2, 0.25) is 0 Å². The lowest BCUT2D eigenvalue weighted by Gasteiger charge is -2.22. The summed E-state index contributed by atoms with van der Waals surface area (Å²) in [5.41, 5.74) is 0.755. The Bertz CT molecular complexity index is 892. The summed E-state index contributed by atoms with van der Waals surface area (Å²) in [5, 5.41) is 8.99. The third kappa shape index (κ3) is 4.01. The van der Waals surface area contributed by atoms with Crippen LogP contribution >= 0.6 is 11.3 Å². The van der Waals surface area contributed by atoms with E-state index in [0.717, 1.165) is 35.7 Å². The molecule has 8 heteroatoms. The van der Waals surface area contributed by atoms with E-state index < -0.39 is 0 Å². The molecule has 1 aliphatic rings. The van der Waals surface area contributed by atoms with Crippen LogP contribution in [0.4, 0.5) is 5.69 Å². The van der Waals surface area contributed by atoms with Gasteiger partial charge in [0.25, 0.3) is 0 Å². The summed E-state index contributed by atoms with van der Waals surface area (Å²) in [4.78, 5) is 20.2. The molecular weight excluding hydrogens is 364 g/mol. The molecule has 2 aromatic heterocycles. The van der Waals surface area contributed by atoms with Crippen LogP contribution in [0, 0.1) is 0 Å². The lowest BCUT2D eigenvalue weighted by molar-refractivity contribution is -0.120. The van der Waals surface area contributed by atoms with E-state index in [-0.39, 0.29) is 11.9 Å². The highest BCUT2D eigenvalue weighted by molar-refractivity contribution is 7.13. The van der Waals surface area contributed by atoms with Crippen LogP contribution in [0.15, 0.2) is 46.3 Å². The number of aromatic nitrogens is 2. The van der Waals surface area contributed by atoms with Gasteiger partial charge in [0.1, 0.15) is 5.75 Å². The van der Waals surface area contributed by atoms with Crippen molar-refractivity contribution in [2.24, 2.45) is 0 Å². The second-order valence-electron chi connectivity index (χ2n) is 6.34. The van der Waals surface area contributed by atoms with Gasteiger partial charge >= 0.3 is 0 Å². The summed E-state index contributed by atoms with van der Waals surface area (Å²) in [6, 6.07) is 11.0. The van der Waals surface area contributed by atoms with Gasteiger partial charge in [-0.2, -0.15) is 4.98 Å². The van der Waals surface area contributed by atoms with Crippen molar-refractivity contribution >= 4 is 22.9 Å². The molecule has 0 radical (unpaired) electrons. The Hall–Kier alpha value is -2.71. The minimum absolute atomic E-state index is 0.0179. The predicted molar refractivity (Wildman–Crippen MR) is 103 cm³/mol. The van der Waals surface area contributed by atoms with E-state index in [0.29, 0.717) is 18.3 Å². The zero-order chi connectivity index (χ0) is 18.6. The number of benzene rings is 1. The van der Waals surface area contributed by atoms with Gasteiger partial charge in [-0.05, 0) is 55.1 Å². The normalized spacial score (nSPS) is 17.1. The molecule has 4 rings (SSSR count). The van der Waals surface area contributed by atoms with Crippen molar-refractivity contribution in [1.29, 1.82) is 0 Å². The van der Waals surface area contributed by atoms with E-state index in [4.69, 9.17) is 9.26 Å². The second-order valence-corrected chi connectivity index (χ2v) is 7.28. The number of ether oxygens (including phenoxy) is 1. The van der Waals surface area contributed by atoms with Gasteiger partial charge in [-0.25, -0.2) is 0 Å². The Morgan fingerprint density at radius 2 is 2.22 bits per heavy atom. The summed E-state index contributed by atoms with van der Waals surface area (Å²) >= 11 is 1.57. The first-order valence-corrected chi connectivity index (χ1v) is 9.66. The molecule has 0 unspecified atom stereocenters. The molecule has 3 heterocycles. The summed E-state index contributed by atoms with van der Waals surface area (Å²) in [6.45, 7) is 1.30. The van der Waals surface area contributed by atoms with Crippen molar-refractivity contribution in [3.05, 3.63) is 47.7 Å². The van der Waals surface area contributed by atoms with Crippen LogP contribution in [0.25, 0.3) is 10.7 Å². The number of hydrogen-bond acceptors (Lipinski definition) is 7. The molecule has 1 atom stereocenters. The highest BCUT2D eigenvalue weighted by Gasteiger charge is 2.32. The molecule has 0 bridgehead atoms. The number of methoxy groups -OCH3 is 1. The predicted octanol–water partition coefficient (Wildman–Crippen LogP) is 3.41. The fourth-order valence-corrected chi connectivity index (χ4v) is 3.86. The first-order valence-electron chi connectivity index (χ1n) is 8.78. The number of carbonyl (C=O) groups is 1. The third-order valence-electron chi connectivity index (χ3n) is 4.57. The molecule has 27 heavy (non-hydrogen) atoms. The van der Waals surface area contributed by atoms with Gasteiger partial charge in [-0.15, -0.1) is 11.3 Å². The SMILES string of the molecule is COc1ccc(NC(=O)[C@H]2CCCN2Cc2nc(-c3cccs3)no2)cc1. The zero-order valence-electron chi connectivity index (χ0n) is 14.9. The minimum Gasteiger partial charge on any atom is -0.497 e. The summed E-state index contributed by atoms with van der Waals surface area (Å²) in [7, 11) is 1.62. The van der Waals surface area contributed by atoms with Gasteiger partial charge < -0.3 is 14.6 Å². The first kappa shape index (κ1) is 17.7. The van der Waals surface area contributed by atoms with Crippen LogP contribution in [0.1, 0.15) is 18.7 Å². The quantitative estimate of drug-likeness (QED) is 0.701. The summed E-state index contributed by atoms with van der Waals surface area (Å²) < 4.78 is 10.5. The minimum atomic E-state index is -0.204. The number of nitrogens with one attached hydrogen (secondary N) is 1. The molecule has 1 aliphatic heterocycles. The Kier molecular flexibility index (Phi) is 5.17. The first-order chi connectivity index (χ1) is 13.2. The molecule has 1 fully saturated rings. The fraction of sp³-hybridized carbons (Fsp3) is 0.316. The maximum atomic E-state index is 12.7. The van der Waals surface area contributed by atoms with E-state index in [9.17, 15) is 4.79 Å². The molecule has 0 saturated carbocycles. The lowest BCUT2D eigenvalue weighted by atomic mass is 10.2. The Balaban J connectivity index is 1.40. The lowest BCUT2D eigenvalue weighted by Crippen LogP contribution is -2.39. The summed E-state index contributed by atoms with van der Waals surface area (Å²) in [5.74, 6) is 1.87. The zero-order valence-corrected chi connectivity index (χ0v) is 15.7. The number of rotatable bonds is 6. The van der Waals surface area contributed by atoms with Gasteiger partial charge in [0.05, 0.1) is 24.6 Å². The van der Waals surface area contributed by atoms with Crippen molar-refractivity contribution in [1.82, 2.24) is 15.0 Å². The topological polar surface area (TPSA) is 80.5 Å². The highest BCUT2D eigenvalue weighted by atomic mass is 32.1. The Labute approximate surface area is 161 Å². The smallest absolute Gasteiger partial charge is 0.241 e. The van der Waals surface area contributed by atoms with Crippen LogP contribution in [-0.4, -0.2) is 40.6 Å². The van der Waals surface area contributed by atoms with Crippen molar-refractivity contribution in [2.75, 3.05) is 19.0 Å².